The molecule has 3 nitrogen and oxygen atoms in total. The van der Waals surface area contributed by atoms with Crippen LogP contribution in [0.25, 0.3) is 0 Å². The van der Waals surface area contributed by atoms with Crippen molar-refractivity contribution in [1.82, 2.24) is 0 Å². The zero-order valence-electron chi connectivity index (χ0n) is 15.9. The highest BCUT2D eigenvalue weighted by atomic mass is 79.9. The molecule has 0 atom stereocenters. The average molecular weight is 534 g/mol. The molecule has 0 spiro atoms. The van der Waals surface area contributed by atoms with Gasteiger partial charge in [-0.25, -0.2) is 4.39 Å². The summed E-state index contributed by atoms with van der Waals surface area (Å²) in [5.74, 6) is 0.743. The SMILES string of the molecule is CCOc1cc(CNc2ccc(Cl)cc2Cl)cc(Br)c1OCc1ccc(F)cc1Cl. The van der Waals surface area contributed by atoms with Crippen molar-refractivity contribution in [2.75, 3.05) is 11.9 Å². The first-order valence-electron chi connectivity index (χ1n) is 9.08. The Hall–Kier alpha value is -1.66. The fraction of sp³-hybridized carbons (Fsp3) is 0.182. The molecule has 0 aliphatic carbocycles. The van der Waals surface area contributed by atoms with Gasteiger partial charge in [-0.05, 0) is 70.9 Å². The van der Waals surface area contributed by atoms with Crippen molar-refractivity contribution in [3.63, 3.8) is 0 Å². The minimum absolute atomic E-state index is 0.176. The number of anilines is 1. The second-order valence-electron chi connectivity index (χ2n) is 6.34. The summed E-state index contributed by atoms with van der Waals surface area (Å²) in [7, 11) is 0. The van der Waals surface area contributed by atoms with Crippen molar-refractivity contribution in [3.05, 3.63) is 85.0 Å². The van der Waals surface area contributed by atoms with Crippen LogP contribution in [0.5, 0.6) is 11.5 Å². The topological polar surface area (TPSA) is 30.5 Å². The van der Waals surface area contributed by atoms with Gasteiger partial charge >= 0.3 is 0 Å². The molecule has 0 saturated heterocycles. The Morgan fingerprint density at radius 3 is 2.47 bits per heavy atom. The summed E-state index contributed by atoms with van der Waals surface area (Å²) in [5, 5.41) is 4.71. The van der Waals surface area contributed by atoms with E-state index < -0.39 is 5.82 Å². The normalized spacial score (nSPS) is 10.7. The Labute approximate surface area is 198 Å². The molecule has 0 fully saturated rings. The second kappa shape index (κ2) is 10.6. The van der Waals surface area contributed by atoms with Gasteiger partial charge in [-0.2, -0.15) is 0 Å². The molecule has 1 N–H and O–H groups in total. The van der Waals surface area contributed by atoms with Crippen molar-refractivity contribution >= 4 is 56.4 Å². The van der Waals surface area contributed by atoms with E-state index in [1.807, 2.05) is 25.1 Å². The molecule has 0 amide bonds. The van der Waals surface area contributed by atoms with E-state index in [1.54, 1.807) is 18.2 Å². The number of hydrogen-bond acceptors (Lipinski definition) is 3. The molecule has 3 aromatic rings. The zero-order valence-corrected chi connectivity index (χ0v) is 19.8. The van der Waals surface area contributed by atoms with Crippen molar-refractivity contribution < 1.29 is 13.9 Å². The maximum Gasteiger partial charge on any atom is 0.175 e. The van der Waals surface area contributed by atoms with Crippen LogP contribution in [0.4, 0.5) is 10.1 Å². The average Bonchev–Trinajstić information content (AvgIpc) is 2.68. The number of nitrogens with one attached hydrogen (secondary N) is 1. The molecule has 3 rings (SSSR count). The highest BCUT2D eigenvalue weighted by Crippen LogP contribution is 2.38. The summed E-state index contributed by atoms with van der Waals surface area (Å²) < 4.78 is 25.7. The first-order valence-corrected chi connectivity index (χ1v) is 11.0. The number of halogens is 5. The quantitative estimate of drug-likeness (QED) is 0.317. The predicted molar refractivity (Wildman–Crippen MR) is 125 cm³/mol. The lowest BCUT2D eigenvalue weighted by molar-refractivity contribution is 0.267. The van der Waals surface area contributed by atoms with Crippen molar-refractivity contribution in [2.45, 2.75) is 20.1 Å². The molecule has 0 unspecified atom stereocenters. The first kappa shape index (κ1) is 23.0. The Morgan fingerprint density at radius 2 is 1.77 bits per heavy atom. The second-order valence-corrected chi connectivity index (χ2v) is 8.45. The van der Waals surface area contributed by atoms with Crippen LogP contribution in [0.1, 0.15) is 18.1 Å². The lowest BCUT2D eigenvalue weighted by atomic mass is 10.2. The fourth-order valence-electron chi connectivity index (χ4n) is 2.75. The molecule has 30 heavy (non-hydrogen) atoms. The maximum atomic E-state index is 13.3. The van der Waals surface area contributed by atoms with Crippen LogP contribution in [0, 0.1) is 5.82 Å². The van der Waals surface area contributed by atoms with Gasteiger partial charge in [0.2, 0.25) is 0 Å². The lowest BCUT2D eigenvalue weighted by Crippen LogP contribution is -2.04. The largest absolute Gasteiger partial charge is 0.490 e. The van der Waals surface area contributed by atoms with Crippen LogP contribution < -0.4 is 14.8 Å². The summed E-state index contributed by atoms with van der Waals surface area (Å²) in [4.78, 5) is 0. The molecule has 0 bridgehead atoms. The van der Waals surface area contributed by atoms with Gasteiger partial charge in [-0.15, -0.1) is 0 Å². The summed E-state index contributed by atoms with van der Waals surface area (Å²) in [6.45, 7) is 3.06. The van der Waals surface area contributed by atoms with Gasteiger partial charge in [0.1, 0.15) is 12.4 Å². The highest BCUT2D eigenvalue weighted by molar-refractivity contribution is 9.10. The number of rotatable bonds is 8. The van der Waals surface area contributed by atoms with Crippen LogP contribution in [-0.4, -0.2) is 6.61 Å². The molecule has 0 aliphatic rings. The molecule has 0 heterocycles. The van der Waals surface area contributed by atoms with Gasteiger partial charge in [0.05, 0.1) is 26.8 Å². The van der Waals surface area contributed by atoms with E-state index in [4.69, 9.17) is 44.3 Å². The number of hydrogen-bond donors (Lipinski definition) is 1. The standard InChI is InChI=1S/C22H18BrCl3FNO2/c1-2-29-21-8-13(11-28-20-6-4-15(24)9-19(20)26)7-17(23)22(21)30-12-14-3-5-16(27)10-18(14)25/h3-10,28H,2,11-12H2,1H3. The van der Waals surface area contributed by atoms with Gasteiger partial charge in [0, 0.05) is 17.1 Å². The van der Waals surface area contributed by atoms with Crippen LogP contribution in [0.3, 0.4) is 0 Å². The monoisotopic (exact) mass is 531 g/mol. The molecular weight excluding hydrogens is 516 g/mol. The van der Waals surface area contributed by atoms with Crippen LogP contribution in [0.15, 0.2) is 53.0 Å². The van der Waals surface area contributed by atoms with Gasteiger partial charge in [0.25, 0.3) is 0 Å². The Morgan fingerprint density at radius 1 is 0.967 bits per heavy atom. The van der Waals surface area contributed by atoms with E-state index in [0.29, 0.717) is 45.3 Å². The van der Waals surface area contributed by atoms with Gasteiger partial charge in [-0.3, -0.25) is 0 Å². The molecule has 158 valence electrons. The Kier molecular flexibility index (Phi) is 8.12. The minimum atomic E-state index is -0.391. The molecule has 0 saturated carbocycles. The molecule has 0 aliphatic heterocycles. The van der Waals surface area contributed by atoms with E-state index >= 15 is 0 Å². The third kappa shape index (κ3) is 5.94. The maximum absolute atomic E-state index is 13.3. The van der Waals surface area contributed by atoms with E-state index in [2.05, 4.69) is 21.2 Å². The first-order chi connectivity index (χ1) is 14.4. The molecular formula is C22H18BrCl3FNO2. The number of ether oxygens (including phenoxy) is 2. The van der Waals surface area contributed by atoms with Gasteiger partial charge in [-0.1, -0.05) is 40.9 Å². The van der Waals surface area contributed by atoms with E-state index in [0.717, 1.165) is 15.7 Å². The summed E-state index contributed by atoms with van der Waals surface area (Å²) in [6, 6.07) is 13.3. The molecule has 8 heteroatoms. The van der Waals surface area contributed by atoms with Crippen LogP contribution >= 0.6 is 50.7 Å². The summed E-state index contributed by atoms with van der Waals surface area (Å²) >= 11 is 21.8. The predicted octanol–water partition coefficient (Wildman–Crippen LogP) is 8.14. The van der Waals surface area contributed by atoms with E-state index in [-0.39, 0.29) is 6.61 Å². The van der Waals surface area contributed by atoms with E-state index in [1.165, 1.54) is 12.1 Å². The lowest BCUT2D eigenvalue weighted by Gasteiger charge is -2.17. The summed E-state index contributed by atoms with van der Waals surface area (Å²) in [6.07, 6.45) is 0. The third-order valence-corrected chi connectivity index (χ3v) is 5.66. The highest BCUT2D eigenvalue weighted by Gasteiger charge is 2.14. The molecule has 0 radical (unpaired) electrons. The Balaban J connectivity index is 1.77. The van der Waals surface area contributed by atoms with Crippen molar-refractivity contribution in [1.29, 1.82) is 0 Å². The van der Waals surface area contributed by atoms with E-state index in [9.17, 15) is 4.39 Å². The number of benzene rings is 3. The third-order valence-electron chi connectivity index (χ3n) is 4.17. The van der Waals surface area contributed by atoms with Crippen LogP contribution in [-0.2, 0) is 13.2 Å². The smallest absolute Gasteiger partial charge is 0.175 e. The van der Waals surface area contributed by atoms with Crippen LogP contribution in [0.2, 0.25) is 15.1 Å². The van der Waals surface area contributed by atoms with Gasteiger partial charge in [0.15, 0.2) is 11.5 Å². The van der Waals surface area contributed by atoms with Crippen molar-refractivity contribution in [2.24, 2.45) is 0 Å². The minimum Gasteiger partial charge on any atom is -0.490 e. The zero-order chi connectivity index (χ0) is 21.7. The molecule has 3 aromatic carbocycles. The van der Waals surface area contributed by atoms with Crippen molar-refractivity contribution in [3.8, 4) is 11.5 Å². The Bertz CT molecular complexity index is 1050. The molecule has 0 aromatic heterocycles. The summed E-state index contributed by atoms with van der Waals surface area (Å²) in [5.41, 5.74) is 2.42. The fourth-order valence-corrected chi connectivity index (χ4v) is 4.05. The van der Waals surface area contributed by atoms with Gasteiger partial charge < -0.3 is 14.8 Å².